The standard InChI is InChI=1S/C21H27F3N4O4S/c1-27-15-12-26-19(27)20(30,21(22,23)24)10-11-25-18(29)16-6-8-17(9-7-16)33(31,32)28-13-4-2-3-5-14-28/h6-9,12,15,30H,2-5,10-11,13-14H2,1H3,(H,25,29). The molecule has 0 saturated carbocycles. The van der Waals surface area contributed by atoms with Gasteiger partial charge in [0.15, 0.2) is 0 Å². The Morgan fingerprint density at radius 2 is 1.73 bits per heavy atom. The smallest absolute Gasteiger partial charge is 0.374 e. The van der Waals surface area contributed by atoms with Crippen LogP contribution in [0.2, 0.25) is 0 Å². The van der Waals surface area contributed by atoms with E-state index in [1.807, 2.05) is 0 Å². The number of aryl methyl sites for hydroxylation is 1. The first-order chi connectivity index (χ1) is 15.5. The van der Waals surface area contributed by atoms with E-state index in [1.54, 1.807) is 0 Å². The fourth-order valence-corrected chi connectivity index (χ4v) is 5.33. The molecule has 1 atom stereocenters. The first kappa shape index (κ1) is 25.2. The van der Waals surface area contributed by atoms with Gasteiger partial charge in [-0.05, 0) is 37.1 Å². The van der Waals surface area contributed by atoms with Crippen LogP contribution >= 0.6 is 0 Å². The molecule has 1 amide bonds. The molecule has 182 valence electrons. The number of imidazole rings is 1. The van der Waals surface area contributed by atoms with Crippen LogP contribution in [0.1, 0.15) is 48.3 Å². The fraction of sp³-hybridized carbons (Fsp3) is 0.524. The average Bonchev–Trinajstić information content (AvgIpc) is 3.01. The lowest BCUT2D eigenvalue weighted by molar-refractivity contribution is -0.272. The molecular weight excluding hydrogens is 461 g/mol. The lowest BCUT2D eigenvalue weighted by atomic mass is 9.97. The monoisotopic (exact) mass is 488 g/mol. The van der Waals surface area contributed by atoms with Crippen molar-refractivity contribution in [2.24, 2.45) is 7.05 Å². The zero-order valence-corrected chi connectivity index (χ0v) is 19.0. The van der Waals surface area contributed by atoms with Crippen LogP contribution in [0.3, 0.4) is 0 Å². The molecule has 2 N–H and O–H groups in total. The highest BCUT2D eigenvalue weighted by atomic mass is 32.2. The Morgan fingerprint density at radius 3 is 2.24 bits per heavy atom. The van der Waals surface area contributed by atoms with Crippen LogP contribution in [-0.2, 0) is 22.7 Å². The number of sulfonamides is 1. The number of aromatic nitrogens is 2. The molecule has 0 radical (unpaired) electrons. The predicted molar refractivity (Wildman–Crippen MR) is 114 cm³/mol. The maximum atomic E-state index is 13.6. The fourth-order valence-electron chi connectivity index (χ4n) is 3.81. The van der Waals surface area contributed by atoms with Crippen LogP contribution in [0.4, 0.5) is 13.2 Å². The molecule has 2 heterocycles. The topological polar surface area (TPSA) is 105 Å². The summed E-state index contributed by atoms with van der Waals surface area (Å²) in [6, 6.07) is 5.26. The number of carbonyl (C=O) groups is 1. The van der Waals surface area contributed by atoms with Crippen LogP contribution in [0.5, 0.6) is 0 Å². The number of alkyl halides is 3. The highest BCUT2D eigenvalue weighted by Gasteiger charge is 2.57. The number of hydrogen-bond donors (Lipinski definition) is 2. The maximum Gasteiger partial charge on any atom is 0.424 e. The van der Waals surface area contributed by atoms with Gasteiger partial charge in [-0.25, -0.2) is 13.4 Å². The van der Waals surface area contributed by atoms with Gasteiger partial charge in [0.2, 0.25) is 15.6 Å². The van der Waals surface area contributed by atoms with E-state index in [-0.39, 0.29) is 10.5 Å². The molecular formula is C21H27F3N4O4S. The van der Waals surface area contributed by atoms with Crippen LogP contribution in [0, 0.1) is 0 Å². The zero-order chi connectivity index (χ0) is 24.3. The summed E-state index contributed by atoms with van der Waals surface area (Å²) in [4.78, 5) is 16.1. The van der Waals surface area contributed by atoms with Gasteiger partial charge in [-0.2, -0.15) is 17.5 Å². The second-order valence-electron chi connectivity index (χ2n) is 8.07. The van der Waals surface area contributed by atoms with E-state index < -0.39 is 46.5 Å². The van der Waals surface area contributed by atoms with Crippen LogP contribution in [0.15, 0.2) is 41.6 Å². The van der Waals surface area contributed by atoms with E-state index in [9.17, 15) is 31.5 Å². The van der Waals surface area contributed by atoms with E-state index >= 15 is 0 Å². The predicted octanol–water partition coefficient (Wildman–Crippen LogP) is 2.55. The number of benzene rings is 1. The van der Waals surface area contributed by atoms with Gasteiger partial charge in [-0.1, -0.05) is 12.8 Å². The number of aliphatic hydroxyl groups is 1. The normalized spacial score (nSPS) is 17.8. The second-order valence-corrected chi connectivity index (χ2v) is 10.0. The van der Waals surface area contributed by atoms with Gasteiger partial charge in [0, 0.05) is 51.1 Å². The van der Waals surface area contributed by atoms with Gasteiger partial charge in [-0.15, -0.1) is 0 Å². The summed E-state index contributed by atoms with van der Waals surface area (Å²) in [5, 5.41) is 12.7. The molecule has 8 nitrogen and oxygen atoms in total. The van der Waals surface area contributed by atoms with E-state index in [2.05, 4.69) is 10.3 Å². The zero-order valence-electron chi connectivity index (χ0n) is 18.2. The molecule has 1 aromatic heterocycles. The Morgan fingerprint density at radius 1 is 1.12 bits per heavy atom. The summed E-state index contributed by atoms with van der Waals surface area (Å²) in [7, 11) is -2.34. The third-order valence-electron chi connectivity index (χ3n) is 5.75. The molecule has 1 aromatic carbocycles. The highest BCUT2D eigenvalue weighted by molar-refractivity contribution is 7.89. The molecule has 1 aliphatic heterocycles. The SMILES string of the molecule is Cn1ccnc1C(O)(CCNC(=O)c1ccc(S(=O)(=O)N2CCCCCC2)cc1)C(F)(F)F. The Labute approximate surface area is 190 Å². The van der Waals surface area contributed by atoms with Crippen molar-refractivity contribution in [1.82, 2.24) is 19.2 Å². The number of rotatable bonds is 7. The number of hydrogen-bond acceptors (Lipinski definition) is 5. The third-order valence-corrected chi connectivity index (χ3v) is 7.66. The number of carbonyl (C=O) groups excluding carboxylic acids is 1. The van der Waals surface area contributed by atoms with Crippen molar-refractivity contribution in [2.45, 2.75) is 48.8 Å². The first-order valence-corrected chi connectivity index (χ1v) is 12.1. The molecule has 1 saturated heterocycles. The van der Waals surface area contributed by atoms with Gasteiger partial charge in [0.05, 0.1) is 4.90 Å². The molecule has 1 aliphatic rings. The van der Waals surface area contributed by atoms with Crippen LogP contribution in [-0.4, -0.2) is 59.1 Å². The van der Waals surface area contributed by atoms with Gasteiger partial charge in [0.1, 0.15) is 5.82 Å². The quantitative estimate of drug-likeness (QED) is 0.624. The summed E-state index contributed by atoms with van der Waals surface area (Å²) in [5.41, 5.74) is -3.14. The van der Waals surface area contributed by atoms with Crippen LogP contribution in [0.25, 0.3) is 0 Å². The largest absolute Gasteiger partial charge is 0.424 e. The minimum atomic E-state index is -5.00. The van der Waals surface area contributed by atoms with Crippen LogP contribution < -0.4 is 5.32 Å². The minimum Gasteiger partial charge on any atom is -0.374 e. The van der Waals surface area contributed by atoms with Crippen molar-refractivity contribution in [3.8, 4) is 0 Å². The Bertz CT molecular complexity index is 1060. The summed E-state index contributed by atoms with van der Waals surface area (Å²) in [6.07, 6.45) is 0.139. The summed E-state index contributed by atoms with van der Waals surface area (Å²) in [5.74, 6) is -1.26. The van der Waals surface area contributed by atoms with Crippen molar-refractivity contribution in [3.63, 3.8) is 0 Å². The third kappa shape index (κ3) is 5.39. The highest BCUT2D eigenvalue weighted by Crippen LogP contribution is 2.40. The van der Waals surface area contributed by atoms with Gasteiger partial charge >= 0.3 is 6.18 Å². The molecule has 0 aliphatic carbocycles. The van der Waals surface area contributed by atoms with E-state index in [0.717, 1.165) is 36.4 Å². The van der Waals surface area contributed by atoms with Gasteiger partial charge in [0.25, 0.3) is 5.91 Å². The Balaban J connectivity index is 1.65. The molecule has 33 heavy (non-hydrogen) atoms. The van der Waals surface area contributed by atoms with E-state index in [0.29, 0.717) is 13.1 Å². The summed E-state index contributed by atoms with van der Waals surface area (Å²) in [6.45, 7) is 0.418. The van der Waals surface area contributed by atoms with Crippen molar-refractivity contribution < 1.29 is 31.5 Å². The van der Waals surface area contributed by atoms with Gasteiger partial charge < -0.3 is 15.0 Å². The number of nitrogens with one attached hydrogen (secondary N) is 1. The molecule has 12 heteroatoms. The first-order valence-electron chi connectivity index (χ1n) is 10.6. The molecule has 1 fully saturated rings. The lowest BCUT2D eigenvalue weighted by Gasteiger charge is -2.30. The molecule has 1 unspecified atom stereocenters. The Kier molecular flexibility index (Phi) is 7.49. The molecule has 0 bridgehead atoms. The van der Waals surface area contributed by atoms with Crippen molar-refractivity contribution in [2.75, 3.05) is 19.6 Å². The summed E-state index contributed by atoms with van der Waals surface area (Å²) < 4.78 is 68.8. The Hall–Kier alpha value is -2.44. The second kappa shape index (κ2) is 9.82. The molecule has 2 aromatic rings. The maximum absolute atomic E-state index is 13.6. The van der Waals surface area contributed by atoms with Gasteiger partial charge in [-0.3, -0.25) is 4.79 Å². The van der Waals surface area contributed by atoms with Crippen molar-refractivity contribution >= 4 is 15.9 Å². The number of nitrogens with zero attached hydrogens (tertiary/aromatic N) is 3. The van der Waals surface area contributed by atoms with Crippen molar-refractivity contribution in [3.05, 3.63) is 48.0 Å². The minimum absolute atomic E-state index is 0.0576. The van der Waals surface area contributed by atoms with Crippen molar-refractivity contribution in [1.29, 1.82) is 0 Å². The van der Waals surface area contributed by atoms with E-state index in [1.165, 1.54) is 41.8 Å². The summed E-state index contributed by atoms with van der Waals surface area (Å²) >= 11 is 0. The molecule has 0 spiro atoms. The average molecular weight is 489 g/mol. The molecule has 3 rings (SSSR count). The number of halogens is 3. The lowest BCUT2D eigenvalue weighted by Crippen LogP contribution is -2.46. The van der Waals surface area contributed by atoms with E-state index in [4.69, 9.17) is 0 Å². The number of amides is 1.